The van der Waals surface area contributed by atoms with Crippen molar-refractivity contribution in [2.45, 2.75) is 18.9 Å². The largest absolute Gasteiger partial charge is 0.315 e. The fourth-order valence-electron chi connectivity index (χ4n) is 1.53. The Morgan fingerprint density at radius 3 is 3.23 bits per heavy atom. The molecule has 1 saturated heterocycles. The maximum absolute atomic E-state index is 3.70. The zero-order valence-corrected chi connectivity index (χ0v) is 9.04. The van der Waals surface area contributed by atoms with Crippen LogP contribution < -0.4 is 10.6 Å². The van der Waals surface area contributed by atoms with Gasteiger partial charge in [-0.1, -0.05) is 6.08 Å². The van der Waals surface area contributed by atoms with Crippen LogP contribution in [-0.2, 0) is 0 Å². The van der Waals surface area contributed by atoms with Gasteiger partial charge in [-0.2, -0.15) is 11.8 Å². The molecule has 13 heavy (non-hydrogen) atoms. The number of piperidine rings is 1. The summed E-state index contributed by atoms with van der Waals surface area (Å²) in [6.45, 7) is 7.17. The van der Waals surface area contributed by atoms with E-state index < -0.39 is 0 Å². The van der Waals surface area contributed by atoms with Crippen molar-refractivity contribution in [2.24, 2.45) is 0 Å². The second-order valence-corrected chi connectivity index (χ2v) is 4.51. The van der Waals surface area contributed by atoms with Crippen LogP contribution >= 0.6 is 11.8 Å². The predicted octanol–water partition coefficient (Wildman–Crippen LogP) is 1.25. The van der Waals surface area contributed by atoms with Crippen LogP contribution in [0.2, 0.25) is 0 Å². The normalized spacial score (nSPS) is 22.9. The van der Waals surface area contributed by atoms with E-state index in [9.17, 15) is 0 Å². The molecule has 76 valence electrons. The van der Waals surface area contributed by atoms with E-state index in [2.05, 4.69) is 17.2 Å². The minimum absolute atomic E-state index is 0.707. The van der Waals surface area contributed by atoms with E-state index in [1.807, 2.05) is 17.8 Å². The Hall–Kier alpha value is 0.01000. The van der Waals surface area contributed by atoms with Gasteiger partial charge in [-0.05, 0) is 19.4 Å². The monoisotopic (exact) mass is 200 g/mol. The van der Waals surface area contributed by atoms with E-state index in [-0.39, 0.29) is 0 Å². The Labute approximate surface area is 85.6 Å². The Kier molecular flexibility index (Phi) is 6.33. The minimum atomic E-state index is 0.707. The average Bonchev–Trinajstić information content (AvgIpc) is 2.19. The van der Waals surface area contributed by atoms with Gasteiger partial charge in [0.15, 0.2) is 0 Å². The molecule has 0 spiro atoms. The quantitative estimate of drug-likeness (QED) is 0.498. The Morgan fingerprint density at radius 1 is 1.62 bits per heavy atom. The molecule has 0 radical (unpaired) electrons. The first-order chi connectivity index (χ1) is 6.43. The summed E-state index contributed by atoms with van der Waals surface area (Å²) < 4.78 is 0. The molecule has 0 aliphatic carbocycles. The van der Waals surface area contributed by atoms with Gasteiger partial charge in [-0.25, -0.2) is 0 Å². The number of hydrogen-bond donors (Lipinski definition) is 2. The fraction of sp³-hybridized carbons (Fsp3) is 0.800. The van der Waals surface area contributed by atoms with E-state index in [1.165, 1.54) is 25.1 Å². The molecule has 1 aliphatic rings. The molecule has 2 N–H and O–H groups in total. The topological polar surface area (TPSA) is 24.1 Å². The lowest BCUT2D eigenvalue weighted by Gasteiger charge is -2.23. The third-order valence-electron chi connectivity index (χ3n) is 2.21. The molecule has 1 fully saturated rings. The molecule has 0 aromatic rings. The predicted molar refractivity (Wildman–Crippen MR) is 61.4 cm³/mol. The van der Waals surface area contributed by atoms with Gasteiger partial charge >= 0.3 is 0 Å². The van der Waals surface area contributed by atoms with Crippen LogP contribution in [0.25, 0.3) is 0 Å². The van der Waals surface area contributed by atoms with Gasteiger partial charge in [0, 0.05) is 30.6 Å². The highest BCUT2D eigenvalue weighted by molar-refractivity contribution is 7.99. The third-order valence-corrected chi connectivity index (χ3v) is 3.18. The molecule has 1 unspecified atom stereocenters. The van der Waals surface area contributed by atoms with Gasteiger partial charge in [0.2, 0.25) is 0 Å². The summed E-state index contributed by atoms with van der Waals surface area (Å²) in [4.78, 5) is 0. The number of thioether (sulfide) groups is 1. The molecule has 0 saturated carbocycles. The van der Waals surface area contributed by atoms with E-state index in [0.717, 1.165) is 18.8 Å². The first-order valence-corrected chi connectivity index (χ1v) is 6.21. The van der Waals surface area contributed by atoms with Crippen molar-refractivity contribution in [1.82, 2.24) is 10.6 Å². The van der Waals surface area contributed by atoms with Gasteiger partial charge in [-0.3, -0.25) is 0 Å². The Balaban J connectivity index is 1.89. The zero-order valence-electron chi connectivity index (χ0n) is 8.22. The highest BCUT2D eigenvalue weighted by Gasteiger charge is 2.10. The SMILES string of the molecule is C=CCSCCNC1CCCNC1. The van der Waals surface area contributed by atoms with Crippen molar-refractivity contribution < 1.29 is 0 Å². The number of nitrogens with one attached hydrogen (secondary N) is 2. The van der Waals surface area contributed by atoms with Crippen molar-refractivity contribution in [3.63, 3.8) is 0 Å². The third kappa shape index (κ3) is 5.34. The molecule has 0 aromatic heterocycles. The van der Waals surface area contributed by atoms with Crippen LogP contribution in [-0.4, -0.2) is 37.2 Å². The van der Waals surface area contributed by atoms with Gasteiger partial charge < -0.3 is 10.6 Å². The smallest absolute Gasteiger partial charge is 0.0193 e. The maximum atomic E-state index is 3.70. The van der Waals surface area contributed by atoms with Crippen molar-refractivity contribution in [1.29, 1.82) is 0 Å². The van der Waals surface area contributed by atoms with Gasteiger partial charge in [0.1, 0.15) is 0 Å². The highest BCUT2D eigenvalue weighted by Crippen LogP contribution is 2.02. The summed E-state index contributed by atoms with van der Waals surface area (Å²) in [5, 5.41) is 6.96. The fourth-order valence-corrected chi connectivity index (χ4v) is 2.12. The molecule has 1 heterocycles. The molecule has 1 aliphatic heterocycles. The second kappa shape index (κ2) is 7.42. The van der Waals surface area contributed by atoms with Gasteiger partial charge in [0.05, 0.1) is 0 Å². The summed E-state index contributed by atoms with van der Waals surface area (Å²) in [6, 6.07) is 0.707. The number of hydrogen-bond acceptors (Lipinski definition) is 3. The van der Waals surface area contributed by atoms with Gasteiger partial charge in [0.25, 0.3) is 0 Å². The molecular weight excluding hydrogens is 180 g/mol. The highest BCUT2D eigenvalue weighted by atomic mass is 32.2. The van der Waals surface area contributed by atoms with Crippen LogP contribution in [0.4, 0.5) is 0 Å². The summed E-state index contributed by atoms with van der Waals surface area (Å²) in [5.74, 6) is 2.27. The molecule has 0 amide bonds. The van der Waals surface area contributed by atoms with Crippen molar-refractivity contribution in [3.05, 3.63) is 12.7 Å². The van der Waals surface area contributed by atoms with E-state index in [1.54, 1.807) is 0 Å². The van der Waals surface area contributed by atoms with Crippen molar-refractivity contribution in [3.8, 4) is 0 Å². The van der Waals surface area contributed by atoms with E-state index in [4.69, 9.17) is 0 Å². The zero-order chi connectivity index (χ0) is 9.36. The van der Waals surface area contributed by atoms with Crippen LogP contribution in [0.5, 0.6) is 0 Å². The average molecular weight is 200 g/mol. The van der Waals surface area contributed by atoms with Crippen LogP contribution in [0.3, 0.4) is 0 Å². The van der Waals surface area contributed by atoms with E-state index in [0.29, 0.717) is 6.04 Å². The lowest BCUT2D eigenvalue weighted by atomic mass is 10.1. The summed E-state index contributed by atoms with van der Waals surface area (Å²) in [5.41, 5.74) is 0. The van der Waals surface area contributed by atoms with E-state index >= 15 is 0 Å². The van der Waals surface area contributed by atoms with Crippen LogP contribution in [0.15, 0.2) is 12.7 Å². The molecule has 1 atom stereocenters. The molecule has 0 aromatic carbocycles. The lowest BCUT2D eigenvalue weighted by Crippen LogP contribution is -2.43. The maximum Gasteiger partial charge on any atom is 0.0193 e. The van der Waals surface area contributed by atoms with Crippen molar-refractivity contribution in [2.75, 3.05) is 31.1 Å². The van der Waals surface area contributed by atoms with Crippen molar-refractivity contribution >= 4 is 11.8 Å². The van der Waals surface area contributed by atoms with Crippen LogP contribution in [0, 0.1) is 0 Å². The minimum Gasteiger partial charge on any atom is -0.315 e. The number of rotatable bonds is 6. The van der Waals surface area contributed by atoms with Crippen LogP contribution in [0.1, 0.15) is 12.8 Å². The summed E-state index contributed by atoms with van der Waals surface area (Å²) in [7, 11) is 0. The molecule has 1 rings (SSSR count). The molecular formula is C10H20N2S. The first kappa shape index (κ1) is 11.1. The Morgan fingerprint density at radius 2 is 2.54 bits per heavy atom. The lowest BCUT2D eigenvalue weighted by molar-refractivity contribution is 0.398. The second-order valence-electron chi connectivity index (χ2n) is 3.36. The molecule has 3 heteroatoms. The standard InChI is InChI=1S/C10H20N2S/c1-2-7-13-8-6-12-10-4-3-5-11-9-10/h2,10-12H,1,3-9H2. The summed E-state index contributed by atoms with van der Waals surface area (Å²) in [6.07, 6.45) is 4.61. The first-order valence-electron chi connectivity index (χ1n) is 5.06. The van der Waals surface area contributed by atoms with Gasteiger partial charge in [-0.15, -0.1) is 6.58 Å². The summed E-state index contributed by atoms with van der Waals surface area (Å²) >= 11 is 1.94. The molecule has 2 nitrogen and oxygen atoms in total. The Bertz CT molecular complexity index is 133. The molecule has 0 bridgehead atoms.